The van der Waals surface area contributed by atoms with Gasteiger partial charge >= 0.3 is 0 Å². The third-order valence-electron chi connectivity index (χ3n) is 3.53. The second-order valence-electron chi connectivity index (χ2n) is 3.97. The van der Waals surface area contributed by atoms with E-state index in [2.05, 4.69) is 6.92 Å². The van der Waals surface area contributed by atoms with E-state index >= 15 is 0 Å². The molecule has 1 aliphatic carbocycles. The number of hydrogen-bond acceptors (Lipinski definition) is 2. The Bertz CT molecular complexity index is 133. The summed E-state index contributed by atoms with van der Waals surface area (Å²) in [5.74, 6) is 0. The van der Waals surface area contributed by atoms with E-state index in [1.54, 1.807) is 0 Å². The van der Waals surface area contributed by atoms with Crippen LogP contribution in [0, 0.1) is 5.41 Å². The minimum Gasteiger partial charge on any atom is -0.388 e. The van der Waals surface area contributed by atoms with E-state index in [9.17, 15) is 5.11 Å². The molecule has 2 nitrogen and oxygen atoms in total. The van der Waals surface area contributed by atoms with Crippen molar-refractivity contribution in [1.82, 2.24) is 0 Å². The third-order valence-corrected chi connectivity index (χ3v) is 3.53. The molecular formula is C9H19NO. The van der Waals surface area contributed by atoms with Crippen molar-refractivity contribution in [2.75, 3.05) is 6.54 Å². The third kappa shape index (κ3) is 1.18. The fourth-order valence-corrected chi connectivity index (χ4v) is 2.09. The van der Waals surface area contributed by atoms with Gasteiger partial charge in [0.1, 0.15) is 0 Å². The zero-order valence-corrected chi connectivity index (χ0v) is 7.56. The summed E-state index contributed by atoms with van der Waals surface area (Å²) in [6.07, 6.45) is 4.60. The van der Waals surface area contributed by atoms with Crippen LogP contribution in [0.15, 0.2) is 0 Å². The van der Waals surface area contributed by atoms with Gasteiger partial charge in [0.25, 0.3) is 0 Å². The molecule has 0 radical (unpaired) electrons. The van der Waals surface area contributed by atoms with Gasteiger partial charge in [0.05, 0.1) is 5.60 Å². The van der Waals surface area contributed by atoms with Gasteiger partial charge in [0.2, 0.25) is 0 Å². The lowest BCUT2D eigenvalue weighted by atomic mass is 9.58. The highest BCUT2D eigenvalue weighted by molar-refractivity contribution is 5.01. The molecule has 66 valence electrons. The van der Waals surface area contributed by atoms with Crippen LogP contribution >= 0.6 is 0 Å². The zero-order valence-electron chi connectivity index (χ0n) is 7.56. The highest BCUT2D eigenvalue weighted by atomic mass is 16.3. The lowest BCUT2D eigenvalue weighted by Crippen LogP contribution is -2.54. The topological polar surface area (TPSA) is 46.2 Å². The van der Waals surface area contributed by atoms with Gasteiger partial charge in [-0.1, -0.05) is 13.3 Å². The predicted molar refractivity (Wildman–Crippen MR) is 46.3 cm³/mol. The van der Waals surface area contributed by atoms with Crippen LogP contribution in [0.25, 0.3) is 0 Å². The Morgan fingerprint density at radius 3 is 2.18 bits per heavy atom. The monoisotopic (exact) mass is 157 g/mol. The van der Waals surface area contributed by atoms with Gasteiger partial charge in [0.15, 0.2) is 0 Å². The molecule has 1 aliphatic rings. The standard InChI is InChI=1S/C9H19NO/c1-3-9(5-4-6-9)8(2,11)7-10/h11H,3-7,10H2,1-2H3. The van der Waals surface area contributed by atoms with Crippen molar-refractivity contribution in [3.05, 3.63) is 0 Å². The maximum atomic E-state index is 9.97. The van der Waals surface area contributed by atoms with Crippen LogP contribution < -0.4 is 5.73 Å². The fraction of sp³-hybridized carbons (Fsp3) is 1.00. The maximum absolute atomic E-state index is 9.97. The van der Waals surface area contributed by atoms with Crippen LogP contribution in [0.1, 0.15) is 39.5 Å². The molecule has 0 aromatic heterocycles. The molecule has 0 heterocycles. The predicted octanol–water partition coefficient (Wildman–Crippen LogP) is 1.28. The average molecular weight is 157 g/mol. The summed E-state index contributed by atoms with van der Waals surface area (Å²) < 4.78 is 0. The highest BCUT2D eigenvalue weighted by Crippen LogP contribution is 2.51. The molecule has 3 N–H and O–H groups in total. The molecular weight excluding hydrogens is 138 g/mol. The molecule has 1 fully saturated rings. The second-order valence-corrected chi connectivity index (χ2v) is 3.97. The Morgan fingerprint density at radius 1 is 1.55 bits per heavy atom. The maximum Gasteiger partial charge on any atom is 0.0797 e. The quantitative estimate of drug-likeness (QED) is 0.648. The number of nitrogens with two attached hydrogens (primary N) is 1. The van der Waals surface area contributed by atoms with E-state index < -0.39 is 5.60 Å². The van der Waals surface area contributed by atoms with E-state index in [4.69, 9.17) is 5.73 Å². The Morgan fingerprint density at radius 2 is 2.09 bits per heavy atom. The van der Waals surface area contributed by atoms with Crippen LogP contribution in [0.3, 0.4) is 0 Å². The first-order valence-electron chi connectivity index (χ1n) is 4.50. The van der Waals surface area contributed by atoms with Gasteiger partial charge in [-0.15, -0.1) is 0 Å². The van der Waals surface area contributed by atoms with Crippen molar-refractivity contribution in [3.63, 3.8) is 0 Å². The molecule has 1 saturated carbocycles. The zero-order chi connectivity index (χ0) is 8.54. The first-order valence-corrected chi connectivity index (χ1v) is 4.50. The van der Waals surface area contributed by atoms with Crippen molar-refractivity contribution in [2.45, 2.75) is 45.1 Å². The summed E-state index contributed by atoms with van der Waals surface area (Å²) in [6, 6.07) is 0. The van der Waals surface area contributed by atoms with Gasteiger partial charge in [-0.2, -0.15) is 0 Å². The molecule has 2 heteroatoms. The minimum absolute atomic E-state index is 0.141. The van der Waals surface area contributed by atoms with E-state index in [1.807, 2.05) is 6.92 Å². The van der Waals surface area contributed by atoms with Gasteiger partial charge in [-0.3, -0.25) is 0 Å². The Hall–Kier alpha value is -0.0800. The second kappa shape index (κ2) is 2.76. The van der Waals surface area contributed by atoms with Gasteiger partial charge in [-0.05, 0) is 31.6 Å². The normalized spacial score (nSPS) is 27.3. The molecule has 1 unspecified atom stereocenters. The highest BCUT2D eigenvalue weighted by Gasteiger charge is 2.48. The lowest BCUT2D eigenvalue weighted by molar-refractivity contribution is -0.111. The SMILES string of the molecule is CCC1(C(C)(O)CN)CCC1. The average Bonchev–Trinajstić information content (AvgIpc) is 1.86. The number of hydrogen-bond donors (Lipinski definition) is 2. The first-order chi connectivity index (χ1) is 5.08. The van der Waals surface area contributed by atoms with Crippen LogP contribution in [0.4, 0.5) is 0 Å². The Labute approximate surface area is 68.8 Å². The molecule has 1 atom stereocenters. The Balaban J connectivity index is 2.68. The van der Waals surface area contributed by atoms with Crippen molar-refractivity contribution < 1.29 is 5.11 Å². The molecule has 0 saturated heterocycles. The van der Waals surface area contributed by atoms with Crippen LogP contribution in [0.5, 0.6) is 0 Å². The summed E-state index contributed by atoms with van der Waals surface area (Å²) in [5.41, 5.74) is 5.03. The summed E-state index contributed by atoms with van der Waals surface area (Å²) in [6.45, 7) is 4.40. The summed E-state index contributed by atoms with van der Waals surface area (Å²) >= 11 is 0. The molecule has 11 heavy (non-hydrogen) atoms. The Kier molecular flexibility index (Phi) is 2.26. The van der Waals surface area contributed by atoms with Gasteiger partial charge in [-0.25, -0.2) is 0 Å². The number of rotatable bonds is 3. The molecule has 0 spiro atoms. The van der Waals surface area contributed by atoms with Crippen molar-refractivity contribution in [2.24, 2.45) is 11.1 Å². The fourth-order valence-electron chi connectivity index (χ4n) is 2.09. The summed E-state index contributed by atoms with van der Waals surface area (Å²) in [7, 11) is 0. The van der Waals surface area contributed by atoms with Crippen LogP contribution in [-0.2, 0) is 0 Å². The van der Waals surface area contributed by atoms with Crippen molar-refractivity contribution in [3.8, 4) is 0 Å². The van der Waals surface area contributed by atoms with Crippen LogP contribution in [-0.4, -0.2) is 17.3 Å². The largest absolute Gasteiger partial charge is 0.388 e. The van der Waals surface area contributed by atoms with Gasteiger partial charge in [0, 0.05) is 6.54 Å². The molecule has 0 aromatic rings. The van der Waals surface area contributed by atoms with E-state index in [1.165, 1.54) is 6.42 Å². The van der Waals surface area contributed by atoms with Crippen molar-refractivity contribution >= 4 is 0 Å². The number of aliphatic hydroxyl groups is 1. The first kappa shape index (κ1) is 9.01. The lowest BCUT2D eigenvalue weighted by Gasteiger charge is -2.51. The smallest absolute Gasteiger partial charge is 0.0797 e. The molecule has 0 aromatic carbocycles. The van der Waals surface area contributed by atoms with Crippen molar-refractivity contribution in [1.29, 1.82) is 0 Å². The van der Waals surface area contributed by atoms with Crippen LogP contribution in [0.2, 0.25) is 0 Å². The molecule has 1 rings (SSSR count). The molecule has 0 aliphatic heterocycles. The van der Waals surface area contributed by atoms with E-state index in [-0.39, 0.29) is 5.41 Å². The molecule has 0 bridgehead atoms. The summed E-state index contributed by atoms with van der Waals surface area (Å²) in [5, 5.41) is 9.97. The summed E-state index contributed by atoms with van der Waals surface area (Å²) in [4.78, 5) is 0. The van der Waals surface area contributed by atoms with E-state index in [0.717, 1.165) is 19.3 Å². The molecule has 0 amide bonds. The van der Waals surface area contributed by atoms with E-state index in [0.29, 0.717) is 6.54 Å². The van der Waals surface area contributed by atoms with Gasteiger partial charge < -0.3 is 10.8 Å². The minimum atomic E-state index is -0.639.